The first-order valence-corrected chi connectivity index (χ1v) is 8.48. The summed E-state index contributed by atoms with van der Waals surface area (Å²) in [7, 11) is 0. The second-order valence-corrected chi connectivity index (χ2v) is 6.21. The average Bonchev–Trinajstić information content (AvgIpc) is 2.85. The number of nitrogens with zero attached hydrogens (tertiary/aromatic N) is 2. The lowest BCUT2D eigenvalue weighted by atomic mass is 10.1. The number of hydrogen-bond acceptors (Lipinski definition) is 3. The number of carbonyl (C=O) groups is 1. The molecule has 2 aliphatic heterocycles. The Morgan fingerprint density at radius 3 is 2.48 bits per heavy atom. The average molecular weight is 391 g/mol. The van der Waals surface area contributed by atoms with Crippen molar-refractivity contribution in [3.8, 4) is 11.4 Å². The Kier molecular flexibility index (Phi) is 5.65. The van der Waals surface area contributed by atoms with E-state index in [2.05, 4.69) is 18.0 Å². The Bertz CT molecular complexity index is 785. The molecule has 0 spiro atoms. The molecular weight excluding hydrogens is 372 g/mol. The second kappa shape index (κ2) is 7.32. The first-order chi connectivity index (χ1) is 10.6. The van der Waals surface area contributed by atoms with E-state index >= 15 is 0 Å². The van der Waals surface area contributed by atoms with Crippen LogP contribution in [0.25, 0.3) is 11.4 Å². The van der Waals surface area contributed by atoms with Gasteiger partial charge in [-0.05, 0) is 37.8 Å². The van der Waals surface area contributed by atoms with Crippen molar-refractivity contribution in [2.24, 2.45) is 0 Å². The molecule has 1 unspecified atom stereocenters. The van der Waals surface area contributed by atoms with Crippen molar-refractivity contribution >= 4 is 34.5 Å². The summed E-state index contributed by atoms with van der Waals surface area (Å²) in [5, 5.41) is -0.306. The van der Waals surface area contributed by atoms with Crippen molar-refractivity contribution in [1.29, 1.82) is 0 Å². The molecule has 5 heteroatoms. The Morgan fingerprint density at radius 1 is 1.13 bits per heavy atom. The molecule has 0 bridgehead atoms. The number of aryl methyl sites for hydroxylation is 1. The van der Waals surface area contributed by atoms with Gasteiger partial charge in [0.2, 0.25) is 0 Å². The van der Waals surface area contributed by atoms with Crippen molar-refractivity contribution in [2.75, 3.05) is 6.26 Å². The fourth-order valence-corrected chi connectivity index (χ4v) is 3.39. The second-order valence-electron chi connectivity index (χ2n) is 5.29. The Balaban J connectivity index is 0.00000192. The van der Waals surface area contributed by atoms with Gasteiger partial charge >= 0.3 is 0 Å². The molecule has 2 aliphatic rings. The Hall–Kier alpha value is -1.59. The number of pyridine rings is 1. The number of Topliss-reactive ketones (excluding diaryl/α,β-unsaturated/α-hetero) is 1. The van der Waals surface area contributed by atoms with Crippen LogP contribution in [0.5, 0.6) is 0 Å². The van der Waals surface area contributed by atoms with Crippen LogP contribution in [-0.4, -0.2) is 21.6 Å². The van der Waals surface area contributed by atoms with Gasteiger partial charge in [-0.2, -0.15) is 0 Å². The van der Waals surface area contributed by atoms with Crippen LogP contribution in [0.4, 0.5) is 0 Å². The van der Waals surface area contributed by atoms with Crippen molar-refractivity contribution in [3.05, 3.63) is 65.5 Å². The van der Waals surface area contributed by atoms with E-state index in [4.69, 9.17) is 0 Å². The van der Waals surface area contributed by atoms with Crippen LogP contribution in [-0.2, 0) is 0 Å². The number of fused-ring (bicyclic) bond motifs is 1. The van der Waals surface area contributed by atoms with Crippen molar-refractivity contribution in [2.45, 2.75) is 19.2 Å². The maximum Gasteiger partial charge on any atom is 0.195 e. The summed E-state index contributed by atoms with van der Waals surface area (Å²) in [6.45, 7) is 4.08. The quantitative estimate of drug-likeness (QED) is 0.592. The number of ketones is 1. The van der Waals surface area contributed by atoms with Gasteiger partial charge in [0.25, 0.3) is 0 Å². The first-order valence-electron chi connectivity index (χ1n) is 7.19. The van der Waals surface area contributed by atoms with E-state index in [1.165, 1.54) is 17.3 Å². The highest BCUT2D eigenvalue weighted by Crippen LogP contribution is 2.33. The van der Waals surface area contributed by atoms with E-state index in [-0.39, 0.29) is 28.1 Å². The molecule has 0 saturated heterocycles. The van der Waals surface area contributed by atoms with E-state index in [1.807, 2.05) is 60.3 Å². The third-order valence-corrected chi connectivity index (χ3v) is 4.86. The van der Waals surface area contributed by atoms with Gasteiger partial charge in [0.1, 0.15) is 11.2 Å². The van der Waals surface area contributed by atoms with Gasteiger partial charge in [-0.25, -0.2) is 4.98 Å². The number of aromatic nitrogens is 2. The standard InChI is InChI=1S/C18H18N2OS.BrH/c1-12-13(2)19-17-15(12)10-7-11-20(17)18(22-3)16(21)14-8-5-4-6-9-14;/h4-11,18H,1-3H3;1H. The normalized spacial score (nSPS) is 12.0. The molecule has 1 aromatic rings. The first kappa shape index (κ1) is 17.8. The fourth-order valence-electron chi connectivity index (χ4n) is 2.65. The summed E-state index contributed by atoms with van der Waals surface area (Å²) in [5.74, 6) is 0.977. The fraction of sp³-hybridized carbons (Fsp3) is 0.222. The molecule has 0 aromatic heterocycles. The molecule has 23 heavy (non-hydrogen) atoms. The lowest BCUT2D eigenvalue weighted by Crippen LogP contribution is -2.18. The van der Waals surface area contributed by atoms with E-state index in [9.17, 15) is 4.79 Å². The van der Waals surface area contributed by atoms with Gasteiger partial charge in [0.15, 0.2) is 5.78 Å². The molecule has 1 atom stereocenters. The van der Waals surface area contributed by atoms with Gasteiger partial charge in [-0.15, -0.1) is 28.7 Å². The topological polar surface area (TPSA) is 34.9 Å². The summed E-state index contributed by atoms with van der Waals surface area (Å²) >= 11 is 1.53. The van der Waals surface area contributed by atoms with E-state index in [1.54, 1.807) is 0 Å². The minimum atomic E-state index is -0.306. The molecule has 1 aromatic carbocycles. The highest BCUT2D eigenvalue weighted by atomic mass is 79.9. The van der Waals surface area contributed by atoms with E-state index < -0.39 is 0 Å². The molecule has 0 N–H and O–H groups in total. The minimum absolute atomic E-state index is 0. The summed E-state index contributed by atoms with van der Waals surface area (Å²) in [5.41, 5.74) is 4.03. The van der Waals surface area contributed by atoms with Crippen LogP contribution >= 0.6 is 28.7 Å². The molecule has 3 rings (SSSR count). The maximum absolute atomic E-state index is 12.8. The number of halogens is 1. The molecule has 0 fully saturated rings. The van der Waals surface area contributed by atoms with Crippen molar-refractivity contribution < 1.29 is 4.79 Å². The molecular formula is C18H19BrN2OS. The van der Waals surface area contributed by atoms with Crippen molar-refractivity contribution in [1.82, 2.24) is 9.55 Å². The molecule has 0 radical (unpaired) electrons. The van der Waals surface area contributed by atoms with Crippen LogP contribution in [0, 0.1) is 13.8 Å². The van der Waals surface area contributed by atoms with Gasteiger partial charge in [-0.3, -0.25) is 4.79 Å². The third kappa shape index (κ3) is 3.21. The summed E-state index contributed by atoms with van der Waals surface area (Å²) in [6, 6.07) is 13.5. The molecule has 3 nitrogen and oxygen atoms in total. The molecule has 120 valence electrons. The highest BCUT2D eigenvalue weighted by Gasteiger charge is 2.25. The third-order valence-electron chi connectivity index (χ3n) is 3.97. The summed E-state index contributed by atoms with van der Waals surface area (Å²) < 4.78 is 1.98. The molecule has 2 heterocycles. The number of carbonyl (C=O) groups excluding carboxylic acids is 1. The van der Waals surface area contributed by atoms with Crippen LogP contribution < -0.4 is 0 Å². The lowest BCUT2D eigenvalue weighted by molar-refractivity contribution is 0.0967. The zero-order valence-corrected chi connectivity index (χ0v) is 15.8. The Morgan fingerprint density at radius 2 is 1.83 bits per heavy atom. The molecule has 0 aliphatic carbocycles. The van der Waals surface area contributed by atoms with E-state index in [0.717, 1.165) is 22.6 Å². The van der Waals surface area contributed by atoms with Crippen LogP contribution in [0.1, 0.15) is 27.0 Å². The van der Waals surface area contributed by atoms with Gasteiger partial charge < -0.3 is 4.57 Å². The van der Waals surface area contributed by atoms with Gasteiger partial charge in [-0.1, -0.05) is 30.3 Å². The summed E-state index contributed by atoms with van der Waals surface area (Å²) in [6.07, 6.45) is 3.90. The van der Waals surface area contributed by atoms with Gasteiger partial charge in [0, 0.05) is 23.0 Å². The summed E-state index contributed by atoms with van der Waals surface area (Å²) in [4.78, 5) is 17.5. The predicted octanol–water partition coefficient (Wildman–Crippen LogP) is 4.93. The number of benzene rings is 1. The van der Waals surface area contributed by atoms with E-state index in [0.29, 0.717) is 0 Å². The largest absolute Gasteiger partial charge is 0.312 e. The maximum atomic E-state index is 12.8. The van der Waals surface area contributed by atoms with Crippen molar-refractivity contribution in [3.63, 3.8) is 0 Å². The Labute approximate surface area is 151 Å². The minimum Gasteiger partial charge on any atom is -0.312 e. The predicted molar refractivity (Wildman–Crippen MR) is 102 cm³/mol. The smallest absolute Gasteiger partial charge is 0.195 e. The van der Waals surface area contributed by atoms with Crippen LogP contribution in [0.3, 0.4) is 0 Å². The zero-order chi connectivity index (χ0) is 15.7. The SMILES string of the molecule is Br.CSC(C(=O)c1ccccc1)n1cccc2c(C)c(C)nc1-2. The van der Waals surface area contributed by atoms with Gasteiger partial charge in [0.05, 0.1) is 0 Å². The number of rotatable bonds is 4. The zero-order valence-electron chi connectivity index (χ0n) is 13.3. The van der Waals surface area contributed by atoms with Crippen LogP contribution in [0.15, 0.2) is 48.7 Å². The van der Waals surface area contributed by atoms with Crippen LogP contribution in [0.2, 0.25) is 0 Å². The lowest BCUT2D eigenvalue weighted by Gasteiger charge is -2.20. The monoisotopic (exact) mass is 390 g/mol. The molecule has 0 saturated carbocycles. The number of hydrogen-bond donors (Lipinski definition) is 0. The molecule has 0 amide bonds. The number of thioether (sulfide) groups is 1. The highest BCUT2D eigenvalue weighted by molar-refractivity contribution is 8.93.